The minimum atomic E-state index is -1.24. The fraction of sp³-hybridized carbons (Fsp3) is 0.308. The van der Waals surface area contributed by atoms with E-state index in [2.05, 4.69) is 5.32 Å². The Morgan fingerprint density at radius 3 is 2.26 bits per heavy atom. The molecule has 1 rings (SSSR count). The average molecular weight is 265 g/mol. The standard InChI is InChI=1S/C13H15NO5/c1-8(15)14-11(13(17)18)7-12(16)9-3-5-10(19-2)6-4-9/h3-6,11H,7H2,1-2H3,(H,14,15)(H,17,18). The number of nitrogens with one attached hydrogen (secondary N) is 1. The fourth-order valence-corrected chi connectivity index (χ4v) is 1.53. The Labute approximate surface area is 110 Å². The van der Waals surface area contributed by atoms with Crippen LogP contribution in [0.5, 0.6) is 5.75 Å². The lowest BCUT2D eigenvalue weighted by atomic mass is 10.0. The van der Waals surface area contributed by atoms with Crippen LogP contribution < -0.4 is 10.1 Å². The Hall–Kier alpha value is -2.37. The van der Waals surface area contributed by atoms with Crippen LogP contribution in [0.1, 0.15) is 23.7 Å². The molecule has 19 heavy (non-hydrogen) atoms. The van der Waals surface area contributed by atoms with Crippen LogP contribution >= 0.6 is 0 Å². The summed E-state index contributed by atoms with van der Waals surface area (Å²) in [6.07, 6.45) is -0.290. The minimum Gasteiger partial charge on any atom is -0.497 e. The Balaban J connectivity index is 2.75. The number of amides is 1. The predicted molar refractivity (Wildman–Crippen MR) is 67.2 cm³/mol. The van der Waals surface area contributed by atoms with Crippen molar-refractivity contribution in [2.45, 2.75) is 19.4 Å². The highest BCUT2D eigenvalue weighted by Gasteiger charge is 2.22. The van der Waals surface area contributed by atoms with E-state index in [-0.39, 0.29) is 12.2 Å². The van der Waals surface area contributed by atoms with Crippen molar-refractivity contribution in [3.63, 3.8) is 0 Å². The van der Waals surface area contributed by atoms with Crippen molar-refractivity contribution in [2.24, 2.45) is 0 Å². The molecule has 6 nitrogen and oxygen atoms in total. The number of hydrogen-bond donors (Lipinski definition) is 2. The van der Waals surface area contributed by atoms with Crippen molar-refractivity contribution < 1.29 is 24.2 Å². The summed E-state index contributed by atoms with van der Waals surface area (Å²) in [6, 6.07) is 5.11. The maximum absolute atomic E-state index is 11.9. The molecule has 102 valence electrons. The number of methoxy groups -OCH3 is 1. The summed E-state index contributed by atoms with van der Waals surface area (Å²) in [6.45, 7) is 1.20. The van der Waals surface area contributed by atoms with Gasteiger partial charge in [0.1, 0.15) is 11.8 Å². The smallest absolute Gasteiger partial charge is 0.326 e. The minimum absolute atomic E-state index is 0.290. The van der Waals surface area contributed by atoms with Gasteiger partial charge < -0.3 is 15.2 Å². The van der Waals surface area contributed by atoms with Crippen LogP contribution in [0, 0.1) is 0 Å². The van der Waals surface area contributed by atoms with E-state index in [0.717, 1.165) is 0 Å². The number of benzene rings is 1. The topological polar surface area (TPSA) is 92.7 Å². The molecule has 0 radical (unpaired) electrons. The van der Waals surface area contributed by atoms with Crippen LogP contribution in [0.3, 0.4) is 0 Å². The maximum Gasteiger partial charge on any atom is 0.326 e. The van der Waals surface area contributed by atoms with Crippen molar-refractivity contribution in [3.05, 3.63) is 29.8 Å². The monoisotopic (exact) mass is 265 g/mol. The number of ether oxygens (including phenoxy) is 1. The summed E-state index contributed by atoms with van der Waals surface area (Å²) >= 11 is 0. The number of aliphatic carboxylic acids is 1. The SMILES string of the molecule is COc1ccc(C(=O)CC(NC(C)=O)C(=O)O)cc1. The molecule has 0 bridgehead atoms. The molecule has 0 fully saturated rings. The lowest BCUT2D eigenvalue weighted by Gasteiger charge is -2.12. The van der Waals surface area contributed by atoms with E-state index in [1.165, 1.54) is 14.0 Å². The third-order valence-electron chi connectivity index (χ3n) is 2.48. The zero-order chi connectivity index (χ0) is 14.4. The van der Waals surface area contributed by atoms with E-state index in [1.54, 1.807) is 24.3 Å². The molecule has 1 atom stereocenters. The summed E-state index contributed by atoms with van der Waals surface area (Å²) < 4.78 is 4.96. The molecule has 0 aliphatic rings. The van der Waals surface area contributed by atoms with Gasteiger partial charge >= 0.3 is 5.97 Å². The van der Waals surface area contributed by atoms with Gasteiger partial charge in [0, 0.05) is 18.9 Å². The third kappa shape index (κ3) is 4.42. The van der Waals surface area contributed by atoms with Crippen LogP contribution in [0.4, 0.5) is 0 Å². The van der Waals surface area contributed by atoms with Gasteiger partial charge in [0.05, 0.1) is 7.11 Å². The van der Waals surface area contributed by atoms with E-state index in [0.29, 0.717) is 11.3 Å². The van der Waals surface area contributed by atoms with Gasteiger partial charge in [-0.15, -0.1) is 0 Å². The van der Waals surface area contributed by atoms with Crippen LogP contribution in [0.15, 0.2) is 24.3 Å². The highest BCUT2D eigenvalue weighted by atomic mass is 16.5. The second-order valence-electron chi connectivity index (χ2n) is 3.95. The molecule has 1 aromatic rings. The maximum atomic E-state index is 11.9. The first-order chi connectivity index (χ1) is 8.93. The molecule has 0 spiro atoms. The average Bonchev–Trinajstić information content (AvgIpc) is 2.37. The third-order valence-corrected chi connectivity index (χ3v) is 2.48. The second kappa shape index (κ2) is 6.53. The molecule has 1 aromatic carbocycles. The van der Waals surface area contributed by atoms with Crippen molar-refractivity contribution in [2.75, 3.05) is 7.11 Å². The first kappa shape index (κ1) is 14.7. The molecule has 1 unspecified atom stereocenters. The molecule has 0 aromatic heterocycles. The molecule has 0 aliphatic carbocycles. The Kier molecular flexibility index (Phi) is 5.05. The van der Waals surface area contributed by atoms with E-state index < -0.39 is 17.9 Å². The van der Waals surface area contributed by atoms with Gasteiger partial charge in [-0.25, -0.2) is 4.79 Å². The largest absolute Gasteiger partial charge is 0.497 e. The van der Waals surface area contributed by atoms with E-state index in [1.807, 2.05) is 0 Å². The van der Waals surface area contributed by atoms with Gasteiger partial charge in [-0.05, 0) is 24.3 Å². The molecule has 2 N–H and O–H groups in total. The van der Waals surface area contributed by atoms with Gasteiger partial charge in [-0.3, -0.25) is 9.59 Å². The molecular weight excluding hydrogens is 250 g/mol. The van der Waals surface area contributed by atoms with Gasteiger partial charge in [0.2, 0.25) is 5.91 Å². The number of carbonyl (C=O) groups is 3. The number of carbonyl (C=O) groups excluding carboxylic acids is 2. The van der Waals surface area contributed by atoms with Gasteiger partial charge in [0.25, 0.3) is 0 Å². The molecule has 0 saturated heterocycles. The first-order valence-corrected chi connectivity index (χ1v) is 5.61. The highest BCUT2D eigenvalue weighted by molar-refractivity contribution is 5.99. The zero-order valence-electron chi connectivity index (χ0n) is 10.7. The van der Waals surface area contributed by atoms with Gasteiger partial charge in [0.15, 0.2) is 5.78 Å². The van der Waals surface area contributed by atoms with Crippen molar-refractivity contribution in [1.29, 1.82) is 0 Å². The summed E-state index contributed by atoms with van der Waals surface area (Å²) in [7, 11) is 1.51. The van der Waals surface area contributed by atoms with Crippen LogP contribution in [0.25, 0.3) is 0 Å². The second-order valence-corrected chi connectivity index (χ2v) is 3.95. The van der Waals surface area contributed by atoms with Crippen molar-refractivity contribution >= 4 is 17.7 Å². The Morgan fingerprint density at radius 1 is 1.26 bits per heavy atom. The van der Waals surface area contributed by atoms with Crippen LogP contribution in [-0.2, 0) is 9.59 Å². The quantitative estimate of drug-likeness (QED) is 0.744. The number of ketones is 1. The fourth-order valence-electron chi connectivity index (χ4n) is 1.53. The molecule has 0 heterocycles. The summed E-state index contributed by atoms with van der Waals surface area (Å²) in [4.78, 5) is 33.7. The molecular formula is C13H15NO5. The summed E-state index contributed by atoms with van der Waals surface area (Å²) in [5.41, 5.74) is 0.373. The number of carboxylic acid groups (broad SMARTS) is 1. The predicted octanol–water partition coefficient (Wildman–Crippen LogP) is 0.857. The molecule has 0 saturated carbocycles. The van der Waals surface area contributed by atoms with Gasteiger partial charge in [-0.2, -0.15) is 0 Å². The lowest BCUT2D eigenvalue weighted by molar-refractivity contribution is -0.141. The van der Waals surface area contributed by atoms with Crippen molar-refractivity contribution in [3.8, 4) is 5.75 Å². The van der Waals surface area contributed by atoms with E-state index in [4.69, 9.17) is 9.84 Å². The Bertz CT molecular complexity index is 480. The van der Waals surface area contributed by atoms with Crippen molar-refractivity contribution in [1.82, 2.24) is 5.32 Å². The number of hydrogen-bond acceptors (Lipinski definition) is 4. The highest BCUT2D eigenvalue weighted by Crippen LogP contribution is 2.13. The van der Waals surface area contributed by atoms with Gasteiger partial charge in [-0.1, -0.05) is 0 Å². The number of rotatable bonds is 6. The molecule has 1 amide bonds. The summed E-state index contributed by atoms with van der Waals surface area (Å²) in [5.74, 6) is -1.48. The molecule has 0 aliphatic heterocycles. The zero-order valence-corrected chi connectivity index (χ0v) is 10.7. The normalized spacial score (nSPS) is 11.5. The summed E-state index contributed by atoms with van der Waals surface area (Å²) in [5, 5.41) is 11.1. The van der Waals surface area contributed by atoms with E-state index in [9.17, 15) is 14.4 Å². The number of Topliss-reactive ketones (excluding diaryl/α,β-unsaturated/α-hetero) is 1. The Morgan fingerprint density at radius 2 is 1.84 bits per heavy atom. The van der Waals surface area contributed by atoms with Crippen LogP contribution in [-0.4, -0.2) is 35.9 Å². The molecule has 6 heteroatoms. The number of carboxylic acids is 1. The lowest BCUT2D eigenvalue weighted by Crippen LogP contribution is -2.41. The first-order valence-electron chi connectivity index (χ1n) is 5.61. The van der Waals surface area contributed by atoms with Crippen LogP contribution in [0.2, 0.25) is 0 Å². The van der Waals surface area contributed by atoms with E-state index >= 15 is 0 Å².